The van der Waals surface area contributed by atoms with E-state index in [4.69, 9.17) is 0 Å². The highest BCUT2D eigenvalue weighted by Crippen LogP contribution is 2.29. The topological polar surface area (TPSA) is 0 Å². The summed E-state index contributed by atoms with van der Waals surface area (Å²) in [6, 6.07) is 2.29. The Hall–Kier alpha value is -1.15. The van der Waals surface area contributed by atoms with E-state index in [2.05, 4.69) is 24.5 Å². The zero-order valence-electron chi connectivity index (χ0n) is 8.11. The number of rotatable bonds is 1. The molecule has 0 unspecified atom stereocenters. The Labute approximate surface area is 96.1 Å². The second kappa shape index (κ2) is 5.26. The first-order chi connectivity index (χ1) is 7.45. The van der Waals surface area contributed by atoms with Gasteiger partial charge in [0, 0.05) is 12.2 Å². The standard InChI is InChI=1S/C11H8F4S/c12-10-7-9(11(13,14)15)5-4-8(10)3-1-2-6-16/h4-5,7,16H,2,6H2. The van der Waals surface area contributed by atoms with Gasteiger partial charge in [0.1, 0.15) is 5.82 Å². The van der Waals surface area contributed by atoms with Gasteiger partial charge in [-0.05, 0) is 18.2 Å². The molecule has 0 saturated carbocycles. The second-order valence-corrected chi connectivity index (χ2v) is 3.41. The zero-order chi connectivity index (χ0) is 12.2. The van der Waals surface area contributed by atoms with Crippen LogP contribution in [0.3, 0.4) is 0 Å². The van der Waals surface area contributed by atoms with Crippen molar-refractivity contribution < 1.29 is 17.6 Å². The molecule has 0 N–H and O–H groups in total. The highest BCUT2D eigenvalue weighted by molar-refractivity contribution is 7.80. The van der Waals surface area contributed by atoms with Gasteiger partial charge in [0.15, 0.2) is 0 Å². The summed E-state index contributed by atoms with van der Waals surface area (Å²) < 4.78 is 49.8. The maximum absolute atomic E-state index is 13.2. The normalized spacial score (nSPS) is 10.8. The quantitative estimate of drug-likeness (QED) is 0.439. The molecular weight excluding hydrogens is 240 g/mol. The van der Waals surface area contributed by atoms with E-state index >= 15 is 0 Å². The number of hydrogen-bond acceptors (Lipinski definition) is 1. The van der Waals surface area contributed by atoms with Gasteiger partial charge in [-0.3, -0.25) is 0 Å². The predicted octanol–water partition coefficient (Wildman–Crippen LogP) is 3.52. The Bertz CT molecular complexity index is 426. The lowest BCUT2D eigenvalue weighted by Crippen LogP contribution is -2.05. The molecule has 1 aromatic carbocycles. The van der Waals surface area contributed by atoms with Crippen molar-refractivity contribution in [3.8, 4) is 11.8 Å². The van der Waals surface area contributed by atoms with Crippen molar-refractivity contribution in [1.82, 2.24) is 0 Å². The van der Waals surface area contributed by atoms with Gasteiger partial charge in [-0.2, -0.15) is 25.8 Å². The number of alkyl halides is 3. The summed E-state index contributed by atoms with van der Waals surface area (Å²) in [7, 11) is 0. The fourth-order valence-electron chi connectivity index (χ4n) is 1.01. The number of thiol groups is 1. The van der Waals surface area contributed by atoms with Gasteiger partial charge in [-0.25, -0.2) is 4.39 Å². The smallest absolute Gasteiger partial charge is 0.206 e. The Morgan fingerprint density at radius 1 is 1.25 bits per heavy atom. The maximum Gasteiger partial charge on any atom is 0.416 e. The van der Waals surface area contributed by atoms with Crippen LogP contribution in [0.2, 0.25) is 0 Å². The Kier molecular flexibility index (Phi) is 4.25. The van der Waals surface area contributed by atoms with Crippen LogP contribution in [0, 0.1) is 17.7 Å². The molecule has 16 heavy (non-hydrogen) atoms. The minimum atomic E-state index is -4.53. The van der Waals surface area contributed by atoms with Crippen LogP contribution < -0.4 is 0 Å². The van der Waals surface area contributed by atoms with Crippen LogP contribution in [0.15, 0.2) is 18.2 Å². The molecule has 0 amide bonds. The van der Waals surface area contributed by atoms with Crippen LogP contribution in [-0.2, 0) is 6.18 Å². The van der Waals surface area contributed by atoms with Crippen molar-refractivity contribution in [3.05, 3.63) is 35.1 Å². The summed E-state index contributed by atoms with van der Waals surface area (Å²) in [5, 5.41) is 0. The first-order valence-electron chi connectivity index (χ1n) is 4.41. The molecule has 0 atom stereocenters. The van der Waals surface area contributed by atoms with Gasteiger partial charge in [0.25, 0.3) is 0 Å². The van der Waals surface area contributed by atoms with Crippen LogP contribution in [0.25, 0.3) is 0 Å². The molecule has 1 aromatic rings. The summed E-state index contributed by atoms with van der Waals surface area (Å²) in [5.41, 5.74) is -1.04. The van der Waals surface area contributed by atoms with Gasteiger partial charge in [0.05, 0.1) is 11.1 Å². The van der Waals surface area contributed by atoms with Crippen LogP contribution >= 0.6 is 12.6 Å². The molecule has 0 bridgehead atoms. The fourth-order valence-corrected chi connectivity index (χ4v) is 1.12. The lowest BCUT2D eigenvalue weighted by Gasteiger charge is -2.06. The SMILES string of the molecule is Fc1cc(C(F)(F)F)ccc1C#CCCS. The van der Waals surface area contributed by atoms with Gasteiger partial charge in [-0.1, -0.05) is 11.8 Å². The molecule has 0 aromatic heterocycles. The summed E-state index contributed by atoms with van der Waals surface area (Å²) in [6.45, 7) is 0. The fraction of sp³-hybridized carbons (Fsp3) is 0.273. The third kappa shape index (κ3) is 3.46. The maximum atomic E-state index is 13.2. The van der Waals surface area contributed by atoms with E-state index < -0.39 is 17.6 Å². The van der Waals surface area contributed by atoms with Crippen LogP contribution in [0.4, 0.5) is 17.6 Å². The lowest BCUT2D eigenvalue weighted by molar-refractivity contribution is -0.137. The summed E-state index contributed by atoms with van der Waals surface area (Å²) in [4.78, 5) is 0. The average molecular weight is 248 g/mol. The van der Waals surface area contributed by atoms with E-state index in [1.54, 1.807) is 0 Å². The molecule has 0 aliphatic carbocycles. The molecule has 1 rings (SSSR count). The molecule has 0 spiro atoms. The molecule has 0 saturated heterocycles. The first-order valence-corrected chi connectivity index (χ1v) is 5.05. The highest BCUT2D eigenvalue weighted by Gasteiger charge is 2.30. The van der Waals surface area contributed by atoms with Crippen molar-refractivity contribution in [3.63, 3.8) is 0 Å². The van der Waals surface area contributed by atoms with Crippen LogP contribution in [-0.4, -0.2) is 5.75 Å². The van der Waals surface area contributed by atoms with E-state index in [1.165, 1.54) is 0 Å². The van der Waals surface area contributed by atoms with Gasteiger partial charge < -0.3 is 0 Å². The van der Waals surface area contributed by atoms with Crippen molar-refractivity contribution in [2.45, 2.75) is 12.6 Å². The first kappa shape index (κ1) is 12.9. The van der Waals surface area contributed by atoms with Gasteiger partial charge >= 0.3 is 6.18 Å². The van der Waals surface area contributed by atoms with E-state index in [0.717, 1.165) is 12.1 Å². The number of hydrogen-bond donors (Lipinski definition) is 1. The predicted molar refractivity (Wildman–Crippen MR) is 56.8 cm³/mol. The van der Waals surface area contributed by atoms with Crippen molar-refractivity contribution >= 4 is 12.6 Å². The molecule has 0 aliphatic rings. The largest absolute Gasteiger partial charge is 0.416 e. The van der Waals surface area contributed by atoms with Gasteiger partial charge in [-0.15, -0.1) is 0 Å². The second-order valence-electron chi connectivity index (χ2n) is 2.97. The Morgan fingerprint density at radius 3 is 2.44 bits per heavy atom. The summed E-state index contributed by atoms with van der Waals surface area (Å²) in [5.74, 6) is 4.62. The molecule has 86 valence electrons. The molecule has 5 heteroatoms. The molecule has 0 heterocycles. The monoisotopic (exact) mass is 248 g/mol. The summed E-state index contributed by atoms with van der Waals surface area (Å²) in [6.07, 6.45) is -4.07. The van der Waals surface area contributed by atoms with E-state index in [9.17, 15) is 17.6 Å². The van der Waals surface area contributed by atoms with Crippen LogP contribution in [0.1, 0.15) is 17.5 Å². The summed E-state index contributed by atoms with van der Waals surface area (Å²) >= 11 is 3.90. The molecule has 0 radical (unpaired) electrons. The highest BCUT2D eigenvalue weighted by atomic mass is 32.1. The molecular formula is C11H8F4S. The Balaban J connectivity index is 2.98. The van der Waals surface area contributed by atoms with Crippen LogP contribution in [0.5, 0.6) is 0 Å². The number of benzene rings is 1. The minimum Gasteiger partial charge on any atom is -0.206 e. The Morgan fingerprint density at radius 2 is 1.94 bits per heavy atom. The number of halogens is 4. The van der Waals surface area contributed by atoms with Crippen molar-refractivity contribution in [2.24, 2.45) is 0 Å². The third-order valence-corrected chi connectivity index (χ3v) is 1.98. The van der Waals surface area contributed by atoms with Crippen molar-refractivity contribution in [1.29, 1.82) is 0 Å². The van der Waals surface area contributed by atoms with Gasteiger partial charge in [0.2, 0.25) is 0 Å². The van der Waals surface area contributed by atoms with E-state index in [0.29, 0.717) is 18.2 Å². The molecule has 0 fully saturated rings. The minimum absolute atomic E-state index is 0.0326. The molecule has 0 aliphatic heterocycles. The molecule has 0 nitrogen and oxygen atoms in total. The third-order valence-electron chi connectivity index (χ3n) is 1.76. The average Bonchev–Trinajstić information content (AvgIpc) is 2.19. The lowest BCUT2D eigenvalue weighted by atomic mass is 10.1. The van der Waals surface area contributed by atoms with E-state index in [1.807, 2.05) is 0 Å². The van der Waals surface area contributed by atoms with Crippen molar-refractivity contribution in [2.75, 3.05) is 5.75 Å². The zero-order valence-corrected chi connectivity index (χ0v) is 9.00. The van der Waals surface area contributed by atoms with E-state index in [-0.39, 0.29) is 5.56 Å².